The number of rotatable bonds is 19. The second kappa shape index (κ2) is 25.2. The molecule has 3 N–H and O–H groups in total. The van der Waals surface area contributed by atoms with Crippen molar-refractivity contribution in [1.29, 1.82) is 5.41 Å². The molecule has 1 aromatic heterocycles. The summed E-state index contributed by atoms with van der Waals surface area (Å²) in [6, 6.07) is 7.36. The zero-order valence-electron chi connectivity index (χ0n) is 28.4. The van der Waals surface area contributed by atoms with Gasteiger partial charge in [0.1, 0.15) is 17.2 Å². The van der Waals surface area contributed by atoms with Crippen LogP contribution in [0.1, 0.15) is 118 Å². The monoisotopic (exact) mass is 631 g/mol. The summed E-state index contributed by atoms with van der Waals surface area (Å²) in [6.07, 6.45) is 9.97. The van der Waals surface area contributed by atoms with Crippen LogP contribution < -0.4 is 15.0 Å². The maximum atomic E-state index is 13.4. The van der Waals surface area contributed by atoms with E-state index in [2.05, 4.69) is 36.1 Å². The van der Waals surface area contributed by atoms with Crippen LogP contribution in [0.5, 0.6) is 5.88 Å². The number of nitrogens with zero attached hydrogens (tertiary/aromatic N) is 3. The zero-order valence-corrected chi connectivity index (χ0v) is 29.2. The first-order chi connectivity index (χ1) is 21.3. The number of hydrogen-bond acceptors (Lipinski definition) is 8. The lowest BCUT2D eigenvalue weighted by Crippen LogP contribution is -2.36. The molecule has 248 valence electrons. The van der Waals surface area contributed by atoms with Crippen molar-refractivity contribution in [2.75, 3.05) is 36.2 Å². The Morgan fingerprint density at radius 3 is 2.09 bits per heavy atom. The molecule has 0 unspecified atom stereocenters. The summed E-state index contributed by atoms with van der Waals surface area (Å²) in [4.78, 5) is 35.9. The average Bonchev–Trinajstić information content (AvgIpc) is 3.05. The van der Waals surface area contributed by atoms with Crippen molar-refractivity contribution in [3.63, 3.8) is 0 Å². The minimum Gasteiger partial charge on any atom is -0.481 e. The van der Waals surface area contributed by atoms with Gasteiger partial charge in [0.2, 0.25) is 5.88 Å². The number of carboxylic acids is 1. The van der Waals surface area contributed by atoms with Gasteiger partial charge in [-0.05, 0) is 37.1 Å². The lowest BCUT2D eigenvalue weighted by Gasteiger charge is -2.24. The van der Waals surface area contributed by atoms with Crippen molar-refractivity contribution in [3.05, 3.63) is 35.8 Å². The van der Waals surface area contributed by atoms with E-state index in [1.54, 1.807) is 11.9 Å². The third kappa shape index (κ3) is 15.5. The van der Waals surface area contributed by atoms with E-state index in [0.29, 0.717) is 42.3 Å². The molecule has 0 spiro atoms. The van der Waals surface area contributed by atoms with E-state index in [0.717, 1.165) is 42.7 Å². The number of unbranched alkanes of at least 4 members (excludes halogenated alkanes) is 5. The van der Waals surface area contributed by atoms with E-state index in [9.17, 15) is 9.59 Å². The highest BCUT2D eigenvalue weighted by molar-refractivity contribution is 8.00. The number of hydrogen-bond donors (Lipinski definition) is 3. The van der Waals surface area contributed by atoms with E-state index in [1.165, 1.54) is 31.0 Å². The van der Waals surface area contributed by atoms with Gasteiger partial charge in [0.05, 0.1) is 11.5 Å². The molecule has 0 saturated carbocycles. The van der Waals surface area contributed by atoms with Gasteiger partial charge in [-0.1, -0.05) is 93.4 Å². The average molecular weight is 632 g/mol. The minimum atomic E-state index is -0.870. The summed E-state index contributed by atoms with van der Waals surface area (Å²) in [5.74, 6) is -0.256. The van der Waals surface area contributed by atoms with E-state index < -0.39 is 5.97 Å². The van der Waals surface area contributed by atoms with Crippen LogP contribution >= 0.6 is 11.8 Å². The van der Waals surface area contributed by atoms with Crippen LogP contribution in [0.15, 0.2) is 29.2 Å². The molecule has 0 bridgehead atoms. The van der Waals surface area contributed by atoms with E-state index in [-0.39, 0.29) is 24.1 Å². The van der Waals surface area contributed by atoms with Crippen LogP contribution in [-0.4, -0.2) is 58.6 Å². The third-order valence-corrected chi connectivity index (χ3v) is 7.40. The second-order valence-electron chi connectivity index (χ2n) is 9.93. The van der Waals surface area contributed by atoms with Crippen LogP contribution in [0.4, 0.5) is 11.4 Å². The maximum Gasteiger partial charge on any atom is 0.313 e. The normalized spacial score (nSPS) is 10.1. The number of ether oxygens (including phenoxy) is 1. The molecule has 1 heterocycles. The quantitative estimate of drug-likeness (QED) is 0.0798. The lowest BCUT2D eigenvalue weighted by molar-refractivity contribution is -0.133. The number of carboxylic acid groups (broad SMARTS) is 1. The highest BCUT2D eigenvalue weighted by atomic mass is 32.2. The van der Waals surface area contributed by atoms with Gasteiger partial charge >= 0.3 is 5.97 Å². The molecule has 0 atom stereocenters. The first kappa shape index (κ1) is 40.9. The van der Waals surface area contributed by atoms with Crippen LogP contribution in [0.3, 0.4) is 0 Å². The van der Waals surface area contributed by atoms with Crippen molar-refractivity contribution in [1.82, 2.24) is 9.97 Å². The molecule has 0 aliphatic carbocycles. The van der Waals surface area contributed by atoms with Gasteiger partial charge in [0, 0.05) is 30.6 Å². The fourth-order valence-electron chi connectivity index (χ4n) is 3.91. The van der Waals surface area contributed by atoms with Crippen molar-refractivity contribution in [2.45, 2.75) is 118 Å². The number of aryl methyl sites for hydroxylation is 1. The number of carbonyl (C=O) groups excluding carboxylic acids is 1. The molecular formula is C34H57N5O4S. The summed E-state index contributed by atoms with van der Waals surface area (Å²) >= 11 is 1.24. The zero-order chi connectivity index (χ0) is 33.3. The Balaban J connectivity index is 0.00000284. The summed E-state index contributed by atoms with van der Waals surface area (Å²) in [5.41, 5.74) is 2.16. The Morgan fingerprint density at radius 1 is 0.932 bits per heavy atom. The highest BCUT2D eigenvalue weighted by Gasteiger charge is 2.21. The third-order valence-electron chi connectivity index (χ3n) is 6.40. The number of amides is 1. The van der Waals surface area contributed by atoms with Gasteiger partial charge in [-0.2, -0.15) is 4.98 Å². The van der Waals surface area contributed by atoms with Gasteiger partial charge in [0.15, 0.2) is 6.61 Å². The number of aromatic nitrogens is 2. The Labute approximate surface area is 270 Å². The Morgan fingerprint density at radius 2 is 1.57 bits per heavy atom. The van der Waals surface area contributed by atoms with Crippen molar-refractivity contribution < 1.29 is 19.4 Å². The number of benzene rings is 1. The second-order valence-corrected chi connectivity index (χ2v) is 11.0. The van der Waals surface area contributed by atoms with Gasteiger partial charge < -0.3 is 25.5 Å². The Kier molecular flexibility index (Phi) is 23.4. The standard InChI is InChI=1S/C28H41N5O4S.C4H10.C2H6/c1-5-8-9-10-11-17-33(20-13-15-21(16-14-20)38-19-25(35)36)24(34)18-37-28-27(30-4)26(22(29)12-6-2)31-23(7-3)32-28;1-3-4-2;1-2/h13-16,29-30H,5-12,17-19H2,1-4H3,(H,35,36);3-4H2,1-2H3;1-2H3. The molecule has 0 fully saturated rings. The molecule has 0 radical (unpaired) electrons. The van der Waals surface area contributed by atoms with Crippen molar-refractivity contribution in [2.24, 2.45) is 0 Å². The largest absolute Gasteiger partial charge is 0.481 e. The fraction of sp³-hybridized carbons (Fsp3) is 0.618. The maximum absolute atomic E-state index is 13.4. The number of nitrogens with one attached hydrogen (secondary N) is 2. The number of aliphatic carboxylic acids is 1. The predicted octanol–water partition coefficient (Wildman–Crippen LogP) is 8.64. The molecule has 2 rings (SSSR count). The molecule has 0 saturated heterocycles. The van der Waals surface area contributed by atoms with E-state index >= 15 is 0 Å². The molecule has 2 aromatic rings. The summed E-state index contributed by atoms with van der Waals surface area (Å²) < 4.78 is 5.97. The molecular weight excluding hydrogens is 574 g/mol. The van der Waals surface area contributed by atoms with Crippen molar-refractivity contribution in [3.8, 4) is 5.88 Å². The van der Waals surface area contributed by atoms with E-state index in [4.69, 9.17) is 15.3 Å². The fourth-order valence-corrected chi connectivity index (χ4v) is 4.52. The molecule has 44 heavy (non-hydrogen) atoms. The van der Waals surface area contributed by atoms with Gasteiger partial charge in [0.25, 0.3) is 5.91 Å². The Hall–Kier alpha value is -3.14. The predicted molar refractivity (Wildman–Crippen MR) is 186 cm³/mol. The lowest BCUT2D eigenvalue weighted by atomic mass is 10.1. The van der Waals surface area contributed by atoms with Gasteiger partial charge in [-0.25, -0.2) is 4.98 Å². The first-order valence-electron chi connectivity index (χ1n) is 16.3. The van der Waals surface area contributed by atoms with Crippen molar-refractivity contribution >= 4 is 40.7 Å². The van der Waals surface area contributed by atoms with E-state index in [1.807, 2.05) is 52.0 Å². The van der Waals surface area contributed by atoms with Gasteiger partial charge in [-0.15, -0.1) is 11.8 Å². The molecule has 10 heteroatoms. The summed E-state index contributed by atoms with van der Waals surface area (Å²) in [7, 11) is 1.73. The van der Waals surface area contributed by atoms with Crippen LogP contribution in [0, 0.1) is 5.41 Å². The smallest absolute Gasteiger partial charge is 0.313 e. The van der Waals surface area contributed by atoms with Crippen LogP contribution in [-0.2, 0) is 16.0 Å². The summed E-state index contributed by atoms with van der Waals surface area (Å²) in [6.45, 7) is 14.8. The number of anilines is 2. The Bertz CT molecular complexity index is 1090. The molecule has 0 aliphatic rings. The molecule has 0 aliphatic heterocycles. The molecule has 1 amide bonds. The SMILES string of the molecule is CC.CCCC.CCCCCCCN(C(=O)COc1nc(CC)nc(C(=N)CCC)c1NC)c1ccc(SCC(=O)O)cc1. The number of carbonyl (C=O) groups is 2. The van der Waals surface area contributed by atoms with Gasteiger partial charge in [-0.3, -0.25) is 9.59 Å². The molecule has 9 nitrogen and oxygen atoms in total. The van der Waals surface area contributed by atoms with Crippen LogP contribution in [0.25, 0.3) is 0 Å². The minimum absolute atomic E-state index is 0.0164. The van der Waals surface area contributed by atoms with Crippen LogP contribution in [0.2, 0.25) is 0 Å². The number of thioether (sulfide) groups is 1. The first-order valence-corrected chi connectivity index (χ1v) is 17.3. The topological polar surface area (TPSA) is 128 Å². The highest BCUT2D eigenvalue weighted by Crippen LogP contribution is 2.28. The summed E-state index contributed by atoms with van der Waals surface area (Å²) in [5, 5.41) is 20.4. The molecule has 1 aromatic carbocycles.